The Morgan fingerprint density at radius 3 is 2.08 bits per heavy atom. The Hall–Kier alpha value is -2.51. The van der Waals surface area contributed by atoms with Crippen LogP contribution in [0.5, 0.6) is 5.75 Å². The van der Waals surface area contributed by atoms with Gasteiger partial charge in [0, 0.05) is 12.6 Å². The quantitative estimate of drug-likeness (QED) is 0.448. The van der Waals surface area contributed by atoms with Gasteiger partial charge in [-0.2, -0.15) is 4.31 Å². The largest absolute Gasteiger partial charge is 0.426 e. The number of rotatable bonds is 6. The lowest BCUT2D eigenvalue weighted by molar-refractivity contribution is -0.134. The first-order valence-electron chi connectivity index (χ1n) is 7.55. The second kappa shape index (κ2) is 7.58. The van der Waals surface area contributed by atoms with Crippen molar-refractivity contribution in [3.8, 4) is 5.75 Å². The van der Waals surface area contributed by atoms with Crippen LogP contribution in [0.4, 0.5) is 0 Å². The highest BCUT2D eigenvalue weighted by Gasteiger charge is 2.24. The molecule has 2 aromatic rings. The van der Waals surface area contributed by atoms with E-state index >= 15 is 0 Å². The zero-order chi connectivity index (χ0) is 18.6. The molecule has 0 bridgehead atoms. The predicted molar refractivity (Wildman–Crippen MR) is 93.1 cm³/mol. The molecule has 0 aliphatic carbocycles. The predicted octanol–water partition coefficient (Wildman–Crippen LogP) is 2.42. The monoisotopic (exact) mass is 361 g/mol. The van der Waals surface area contributed by atoms with Crippen LogP contribution < -0.4 is 4.74 Å². The molecule has 0 saturated heterocycles. The summed E-state index contributed by atoms with van der Waals surface area (Å²) in [6.07, 6.45) is 0. The van der Waals surface area contributed by atoms with Crippen molar-refractivity contribution in [3.63, 3.8) is 0 Å². The summed E-state index contributed by atoms with van der Waals surface area (Å²) in [5.41, 5.74) is 1.44. The zero-order valence-corrected chi connectivity index (χ0v) is 15.0. The van der Waals surface area contributed by atoms with E-state index in [2.05, 4.69) is 0 Å². The fourth-order valence-corrected chi connectivity index (χ4v) is 3.19. The van der Waals surface area contributed by atoms with Crippen molar-refractivity contribution in [2.45, 2.75) is 18.7 Å². The minimum atomic E-state index is -3.85. The number of likely N-dealkylation sites (N-methyl/N-ethyl adjacent to an activating group) is 1. The number of aryl methyl sites for hydroxylation is 1. The first kappa shape index (κ1) is 18.8. The van der Waals surface area contributed by atoms with Gasteiger partial charge in [-0.3, -0.25) is 9.59 Å². The number of Topliss-reactive ketones (excluding diaryl/α,β-unsaturated/α-hetero) is 1. The normalized spacial score (nSPS) is 11.4. The Labute approximate surface area is 147 Å². The lowest BCUT2D eigenvalue weighted by Crippen LogP contribution is -2.34. The van der Waals surface area contributed by atoms with Gasteiger partial charge in [-0.1, -0.05) is 29.8 Å². The van der Waals surface area contributed by atoms with Gasteiger partial charge >= 0.3 is 5.97 Å². The van der Waals surface area contributed by atoms with Gasteiger partial charge in [0.05, 0.1) is 4.90 Å². The highest BCUT2D eigenvalue weighted by Crippen LogP contribution is 2.16. The van der Waals surface area contributed by atoms with E-state index in [1.807, 2.05) is 6.92 Å². The molecule has 0 radical (unpaired) electrons. The summed E-state index contributed by atoms with van der Waals surface area (Å²) in [7, 11) is -2.56. The molecule has 0 aromatic heterocycles. The molecule has 0 aliphatic heterocycles. The molecule has 0 spiro atoms. The third-order valence-corrected chi connectivity index (χ3v) is 5.39. The van der Waals surface area contributed by atoms with Crippen LogP contribution in [0.3, 0.4) is 0 Å². The Morgan fingerprint density at radius 1 is 1.00 bits per heavy atom. The number of nitrogens with zero attached hydrogens (tertiary/aromatic N) is 1. The average Bonchev–Trinajstić information content (AvgIpc) is 2.57. The Kier molecular flexibility index (Phi) is 5.71. The van der Waals surface area contributed by atoms with E-state index in [4.69, 9.17) is 4.74 Å². The van der Waals surface area contributed by atoms with Crippen LogP contribution in [0.15, 0.2) is 53.4 Å². The molecule has 0 atom stereocenters. The third kappa shape index (κ3) is 4.74. The maximum atomic E-state index is 12.5. The maximum Gasteiger partial charge on any atom is 0.326 e. The molecule has 0 unspecified atom stereocenters. The lowest BCUT2D eigenvalue weighted by Gasteiger charge is -2.16. The van der Waals surface area contributed by atoms with Gasteiger partial charge in [0.15, 0.2) is 5.78 Å². The van der Waals surface area contributed by atoms with Crippen LogP contribution in [0.1, 0.15) is 22.8 Å². The lowest BCUT2D eigenvalue weighted by atomic mass is 10.2. The van der Waals surface area contributed by atoms with Crippen molar-refractivity contribution in [2.24, 2.45) is 0 Å². The van der Waals surface area contributed by atoms with Crippen LogP contribution in [0.25, 0.3) is 0 Å². The molecule has 0 fully saturated rings. The molecule has 2 aromatic carbocycles. The van der Waals surface area contributed by atoms with Crippen LogP contribution in [-0.4, -0.2) is 38.1 Å². The summed E-state index contributed by atoms with van der Waals surface area (Å²) in [5, 5.41) is 0. The van der Waals surface area contributed by atoms with Gasteiger partial charge in [-0.05, 0) is 38.1 Å². The minimum Gasteiger partial charge on any atom is -0.426 e. The van der Waals surface area contributed by atoms with Gasteiger partial charge in [-0.15, -0.1) is 0 Å². The summed E-state index contributed by atoms with van der Waals surface area (Å²) < 4.78 is 31.0. The minimum absolute atomic E-state index is 0.00290. The zero-order valence-electron chi connectivity index (χ0n) is 14.2. The number of ketones is 1. The van der Waals surface area contributed by atoms with Gasteiger partial charge in [0.1, 0.15) is 12.3 Å². The molecule has 6 nitrogen and oxygen atoms in total. The Morgan fingerprint density at radius 2 is 1.56 bits per heavy atom. The van der Waals surface area contributed by atoms with Crippen molar-refractivity contribution < 1.29 is 22.7 Å². The summed E-state index contributed by atoms with van der Waals surface area (Å²) in [5.74, 6) is -0.485. The first-order valence-corrected chi connectivity index (χ1v) is 8.99. The number of ether oxygens (including phenoxy) is 1. The molecule has 0 N–H and O–H groups in total. The molecule has 132 valence electrons. The summed E-state index contributed by atoms with van der Waals surface area (Å²) >= 11 is 0. The van der Waals surface area contributed by atoms with Crippen molar-refractivity contribution in [1.29, 1.82) is 0 Å². The van der Waals surface area contributed by atoms with Crippen molar-refractivity contribution in [2.75, 3.05) is 13.6 Å². The van der Waals surface area contributed by atoms with E-state index in [9.17, 15) is 18.0 Å². The molecule has 0 heterocycles. The highest BCUT2D eigenvalue weighted by molar-refractivity contribution is 7.89. The molecular formula is C18H19NO5S. The summed E-state index contributed by atoms with van der Waals surface area (Å²) in [4.78, 5) is 23.2. The van der Waals surface area contributed by atoms with E-state index < -0.39 is 22.5 Å². The topological polar surface area (TPSA) is 80.8 Å². The van der Waals surface area contributed by atoms with Crippen molar-refractivity contribution in [1.82, 2.24) is 4.31 Å². The first-order chi connectivity index (χ1) is 11.7. The van der Waals surface area contributed by atoms with E-state index in [0.29, 0.717) is 11.3 Å². The van der Waals surface area contributed by atoms with E-state index in [0.717, 1.165) is 9.87 Å². The molecule has 0 saturated carbocycles. The molecule has 0 amide bonds. The Balaban J connectivity index is 2.07. The van der Waals surface area contributed by atoms with E-state index in [1.54, 1.807) is 24.3 Å². The number of carbonyl (C=O) groups is 2. The van der Waals surface area contributed by atoms with Crippen LogP contribution in [0.2, 0.25) is 0 Å². The fourth-order valence-electron chi connectivity index (χ4n) is 2.08. The van der Waals surface area contributed by atoms with Gasteiger partial charge < -0.3 is 4.74 Å². The standard InChI is InChI=1S/C18H19NO5S/c1-13-4-8-16(9-5-13)24-18(21)12-19(3)25(22,23)17-10-6-15(7-11-17)14(2)20/h4-11H,12H2,1-3H3. The molecular weight excluding hydrogens is 342 g/mol. The van der Waals surface area contributed by atoms with Crippen LogP contribution >= 0.6 is 0 Å². The second-order valence-corrected chi connectivity index (χ2v) is 7.67. The number of benzene rings is 2. The molecule has 0 aliphatic rings. The van der Waals surface area contributed by atoms with E-state index in [1.165, 1.54) is 38.2 Å². The number of hydrogen-bond acceptors (Lipinski definition) is 5. The smallest absolute Gasteiger partial charge is 0.326 e. The molecule has 2 rings (SSSR count). The van der Waals surface area contributed by atoms with Crippen molar-refractivity contribution in [3.05, 3.63) is 59.7 Å². The van der Waals surface area contributed by atoms with Crippen LogP contribution in [0, 0.1) is 6.92 Å². The van der Waals surface area contributed by atoms with Crippen molar-refractivity contribution >= 4 is 21.8 Å². The van der Waals surface area contributed by atoms with Crippen LogP contribution in [-0.2, 0) is 14.8 Å². The fraction of sp³-hybridized carbons (Fsp3) is 0.222. The average molecular weight is 361 g/mol. The summed E-state index contributed by atoms with van der Waals surface area (Å²) in [6, 6.07) is 12.4. The molecule has 25 heavy (non-hydrogen) atoms. The van der Waals surface area contributed by atoms with Gasteiger partial charge in [0.2, 0.25) is 10.0 Å². The Bertz CT molecular complexity index is 871. The third-order valence-electron chi connectivity index (χ3n) is 3.57. The number of esters is 1. The van der Waals surface area contributed by atoms with Gasteiger partial charge in [-0.25, -0.2) is 8.42 Å². The van der Waals surface area contributed by atoms with E-state index in [-0.39, 0.29) is 10.7 Å². The van der Waals surface area contributed by atoms with Gasteiger partial charge in [0.25, 0.3) is 0 Å². The SMILES string of the molecule is CC(=O)c1ccc(S(=O)(=O)N(C)CC(=O)Oc2ccc(C)cc2)cc1. The highest BCUT2D eigenvalue weighted by atomic mass is 32.2. The maximum absolute atomic E-state index is 12.5. The number of carbonyl (C=O) groups excluding carboxylic acids is 2. The second-order valence-electron chi connectivity index (χ2n) is 5.63. The molecule has 7 heteroatoms. The number of sulfonamides is 1. The number of hydrogen-bond donors (Lipinski definition) is 0. The summed E-state index contributed by atoms with van der Waals surface area (Å²) in [6.45, 7) is 2.88.